The Morgan fingerprint density at radius 3 is 2.57 bits per heavy atom. The van der Waals surface area contributed by atoms with Gasteiger partial charge in [0.2, 0.25) is 0 Å². The summed E-state index contributed by atoms with van der Waals surface area (Å²) < 4.78 is 10.1. The zero-order valence-electron chi connectivity index (χ0n) is 13.9. The SMILES string of the molecule is COCCNC(=O)N1CCC(CSc2ccc(OC)cc2)CC1. The second-order valence-corrected chi connectivity index (χ2v) is 6.74. The maximum absolute atomic E-state index is 12.0. The molecule has 1 aliphatic heterocycles. The van der Waals surface area contributed by atoms with Crippen LogP contribution in [-0.4, -0.2) is 57.1 Å². The molecule has 6 heteroatoms. The minimum Gasteiger partial charge on any atom is -0.497 e. The largest absolute Gasteiger partial charge is 0.497 e. The topological polar surface area (TPSA) is 50.8 Å². The number of nitrogens with one attached hydrogen (secondary N) is 1. The van der Waals surface area contributed by atoms with Crippen LogP contribution < -0.4 is 10.1 Å². The highest BCUT2D eigenvalue weighted by Gasteiger charge is 2.22. The molecule has 5 nitrogen and oxygen atoms in total. The van der Waals surface area contributed by atoms with Crippen LogP contribution in [0.1, 0.15) is 12.8 Å². The molecule has 0 bridgehead atoms. The first-order chi connectivity index (χ1) is 11.2. The van der Waals surface area contributed by atoms with Gasteiger partial charge in [-0.2, -0.15) is 0 Å². The van der Waals surface area contributed by atoms with Gasteiger partial charge in [-0.15, -0.1) is 11.8 Å². The van der Waals surface area contributed by atoms with Gasteiger partial charge in [0.1, 0.15) is 5.75 Å². The highest BCUT2D eigenvalue weighted by Crippen LogP contribution is 2.27. The summed E-state index contributed by atoms with van der Waals surface area (Å²) in [6.07, 6.45) is 2.14. The van der Waals surface area contributed by atoms with Gasteiger partial charge in [0.25, 0.3) is 0 Å². The normalized spacial score (nSPS) is 15.5. The zero-order valence-corrected chi connectivity index (χ0v) is 14.7. The summed E-state index contributed by atoms with van der Waals surface area (Å²) >= 11 is 1.88. The number of nitrogens with zero attached hydrogens (tertiary/aromatic N) is 1. The number of hydrogen-bond acceptors (Lipinski definition) is 4. The van der Waals surface area contributed by atoms with Gasteiger partial charge in [-0.05, 0) is 43.0 Å². The first-order valence-electron chi connectivity index (χ1n) is 8.01. The lowest BCUT2D eigenvalue weighted by Gasteiger charge is -2.31. The molecule has 1 aliphatic rings. The maximum atomic E-state index is 12.0. The fourth-order valence-corrected chi connectivity index (χ4v) is 3.65. The van der Waals surface area contributed by atoms with Gasteiger partial charge in [-0.1, -0.05) is 0 Å². The van der Waals surface area contributed by atoms with Crippen LogP contribution in [0.3, 0.4) is 0 Å². The van der Waals surface area contributed by atoms with Gasteiger partial charge in [0, 0.05) is 37.4 Å². The van der Waals surface area contributed by atoms with Crippen LogP contribution >= 0.6 is 11.8 Å². The average Bonchev–Trinajstić information content (AvgIpc) is 2.61. The van der Waals surface area contributed by atoms with Gasteiger partial charge >= 0.3 is 6.03 Å². The van der Waals surface area contributed by atoms with Crippen molar-refractivity contribution in [1.82, 2.24) is 10.2 Å². The number of urea groups is 1. The molecule has 1 saturated heterocycles. The van der Waals surface area contributed by atoms with Crippen molar-refractivity contribution in [3.05, 3.63) is 24.3 Å². The van der Waals surface area contributed by atoms with Crippen LogP contribution in [0.25, 0.3) is 0 Å². The fraction of sp³-hybridized carbons (Fsp3) is 0.588. The number of hydrogen-bond donors (Lipinski definition) is 1. The van der Waals surface area contributed by atoms with E-state index in [1.807, 2.05) is 28.8 Å². The van der Waals surface area contributed by atoms with Gasteiger partial charge < -0.3 is 19.7 Å². The fourth-order valence-electron chi connectivity index (χ4n) is 2.56. The van der Waals surface area contributed by atoms with Crippen LogP contribution in [0.2, 0.25) is 0 Å². The molecule has 0 saturated carbocycles. The van der Waals surface area contributed by atoms with E-state index in [-0.39, 0.29) is 6.03 Å². The molecule has 0 unspecified atom stereocenters. The number of methoxy groups -OCH3 is 2. The van der Waals surface area contributed by atoms with Gasteiger partial charge in [0.15, 0.2) is 0 Å². The Balaban J connectivity index is 1.66. The molecule has 2 rings (SSSR count). The number of thioether (sulfide) groups is 1. The molecule has 1 N–H and O–H groups in total. The number of ether oxygens (including phenoxy) is 2. The Labute approximate surface area is 142 Å². The summed E-state index contributed by atoms with van der Waals surface area (Å²) in [6.45, 7) is 2.81. The van der Waals surface area contributed by atoms with Crippen LogP contribution in [0, 0.1) is 5.92 Å². The maximum Gasteiger partial charge on any atom is 0.317 e. The summed E-state index contributed by atoms with van der Waals surface area (Å²) in [7, 11) is 3.32. The van der Waals surface area contributed by atoms with E-state index >= 15 is 0 Å². The summed E-state index contributed by atoms with van der Waals surface area (Å²) in [5, 5.41) is 2.88. The minimum atomic E-state index is 0.0308. The number of rotatable bonds is 7. The van der Waals surface area contributed by atoms with Gasteiger partial charge in [-0.25, -0.2) is 4.79 Å². The summed E-state index contributed by atoms with van der Waals surface area (Å²) in [5.41, 5.74) is 0. The lowest BCUT2D eigenvalue weighted by Crippen LogP contribution is -2.45. The van der Waals surface area contributed by atoms with Gasteiger partial charge in [-0.3, -0.25) is 0 Å². The van der Waals surface area contributed by atoms with Crippen LogP contribution in [0.15, 0.2) is 29.2 Å². The molecule has 2 amide bonds. The van der Waals surface area contributed by atoms with Gasteiger partial charge in [0.05, 0.1) is 13.7 Å². The van der Waals surface area contributed by atoms with Crippen LogP contribution in [0.4, 0.5) is 4.79 Å². The summed E-state index contributed by atoms with van der Waals surface area (Å²) in [6, 6.07) is 8.22. The Morgan fingerprint density at radius 2 is 1.96 bits per heavy atom. The number of likely N-dealkylation sites (tertiary alicyclic amines) is 1. The Bertz CT molecular complexity index is 473. The first-order valence-corrected chi connectivity index (χ1v) is 9.00. The predicted molar refractivity (Wildman–Crippen MR) is 93.3 cm³/mol. The van der Waals surface area contributed by atoms with E-state index < -0.39 is 0 Å². The second kappa shape index (κ2) is 9.67. The Kier molecular flexibility index (Phi) is 7.55. The molecule has 0 aromatic heterocycles. The van der Waals surface area contributed by atoms with E-state index in [2.05, 4.69) is 17.4 Å². The first kappa shape index (κ1) is 17.9. The third-order valence-electron chi connectivity index (χ3n) is 4.03. The molecule has 0 spiro atoms. The number of piperidine rings is 1. The lowest BCUT2D eigenvalue weighted by atomic mass is 9.99. The molecule has 1 aromatic carbocycles. The molecule has 1 heterocycles. The summed E-state index contributed by atoms with van der Waals surface area (Å²) in [5.74, 6) is 2.66. The van der Waals surface area contributed by atoms with Crippen molar-refractivity contribution in [2.45, 2.75) is 17.7 Å². The van der Waals surface area contributed by atoms with E-state index in [4.69, 9.17) is 9.47 Å². The predicted octanol–water partition coefficient (Wildman–Crippen LogP) is 2.86. The van der Waals surface area contributed by atoms with E-state index in [1.165, 1.54) is 4.90 Å². The average molecular weight is 338 g/mol. The van der Waals surface area contributed by atoms with E-state index in [0.717, 1.165) is 37.4 Å². The Hall–Kier alpha value is -1.40. The molecule has 0 atom stereocenters. The van der Waals surface area contributed by atoms with Crippen molar-refractivity contribution >= 4 is 17.8 Å². The summed E-state index contributed by atoms with van der Waals surface area (Å²) in [4.78, 5) is 15.1. The smallest absolute Gasteiger partial charge is 0.317 e. The lowest BCUT2D eigenvalue weighted by molar-refractivity contribution is 0.164. The standard InChI is InChI=1S/C17H26N2O3S/c1-21-12-9-18-17(20)19-10-7-14(8-11-19)13-23-16-5-3-15(22-2)4-6-16/h3-6,14H,7-13H2,1-2H3,(H,18,20). The minimum absolute atomic E-state index is 0.0308. The third-order valence-corrected chi connectivity index (χ3v) is 5.27. The van der Waals surface area contributed by atoms with E-state index in [0.29, 0.717) is 19.1 Å². The molecule has 23 heavy (non-hydrogen) atoms. The van der Waals surface area contributed by atoms with Crippen molar-refractivity contribution in [2.24, 2.45) is 5.92 Å². The van der Waals surface area contributed by atoms with Crippen molar-refractivity contribution in [1.29, 1.82) is 0 Å². The zero-order chi connectivity index (χ0) is 16.5. The van der Waals surface area contributed by atoms with Crippen molar-refractivity contribution in [3.8, 4) is 5.75 Å². The molecular weight excluding hydrogens is 312 g/mol. The second-order valence-electron chi connectivity index (χ2n) is 5.64. The molecule has 128 valence electrons. The molecule has 1 aromatic rings. The van der Waals surface area contributed by atoms with Crippen molar-refractivity contribution in [2.75, 3.05) is 46.2 Å². The Morgan fingerprint density at radius 1 is 1.26 bits per heavy atom. The van der Waals surface area contributed by atoms with E-state index in [1.54, 1.807) is 14.2 Å². The number of benzene rings is 1. The molecule has 0 aliphatic carbocycles. The quantitative estimate of drug-likeness (QED) is 0.613. The van der Waals surface area contributed by atoms with E-state index in [9.17, 15) is 4.79 Å². The van der Waals surface area contributed by atoms with Crippen molar-refractivity contribution in [3.63, 3.8) is 0 Å². The molecule has 0 radical (unpaired) electrons. The van der Waals surface area contributed by atoms with Crippen LogP contribution in [0.5, 0.6) is 5.75 Å². The highest BCUT2D eigenvalue weighted by atomic mass is 32.2. The van der Waals surface area contributed by atoms with Crippen molar-refractivity contribution < 1.29 is 14.3 Å². The number of amides is 2. The number of carbonyl (C=O) groups is 1. The monoisotopic (exact) mass is 338 g/mol. The number of carbonyl (C=O) groups excluding carboxylic acids is 1. The molecule has 1 fully saturated rings. The van der Waals surface area contributed by atoms with Crippen LogP contribution in [-0.2, 0) is 4.74 Å². The highest BCUT2D eigenvalue weighted by molar-refractivity contribution is 7.99. The third kappa shape index (κ3) is 5.95. The molecular formula is C17H26N2O3S.